The highest BCUT2D eigenvalue weighted by atomic mass is 16.5. The van der Waals surface area contributed by atoms with Crippen LogP contribution in [0.1, 0.15) is 15.9 Å². The first-order chi connectivity index (χ1) is 16.7. The van der Waals surface area contributed by atoms with Crippen molar-refractivity contribution in [1.82, 2.24) is 0 Å². The van der Waals surface area contributed by atoms with Gasteiger partial charge in [0.05, 0.1) is 24.0 Å². The number of carbonyl (C=O) groups is 1. The van der Waals surface area contributed by atoms with E-state index in [2.05, 4.69) is 40.6 Å². The summed E-state index contributed by atoms with van der Waals surface area (Å²) in [7, 11) is 1.62. The molecule has 0 radical (unpaired) electrons. The van der Waals surface area contributed by atoms with Gasteiger partial charge in [0, 0.05) is 5.56 Å². The Bertz CT molecular complexity index is 1440. The molecule has 0 bridgehead atoms. The van der Waals surface area contributed by atoms with E-state index in [0.29, 0.717) is 16.9 Å². The van der Waals surface area contributed by atoms with Gasteiger partial charge in [0.2, 0.25) is 0 Å². The van der Waals surface area contributed by atoms with Crippen LogP contribution in [0, 0.1) is 0 Å². The third kappa shape index (κ3) is 4.50. The van der Waals surface area contributed by atoms with Crippen LogP contribution >= 0.6 is 0 Å². The second-order valence-corrected chi connectivity index (χ2v) is 7.82. The number of rotatable bonds is 6. The van der Waals surface area contributed by atoms with Gasteiger partial charge >= 0.3 is 5.97 Å². The minimum Gasteiger partial charge on any atom is -0.497 e. The van der Waals surface area contributed by atoms with Crippen LogP contribution in [0.15, 0.2) is 113 Å². The number of benzene rings is 5. The average Bonchev–Trinajstić information content (AvgIpc) is 2.90. The third-order valence-electron chi connectivity index (χ3n) is 5.69. The molecular formula is C29H22N2O3. The number of hydrogen-bond donors (Lipinski definition) is 0. The zero-order valence-electron chi connectivity index (χ0n) is 18.6. The lowest BCUT2D eigenvalue weighted by Gasteiger charge is -2.12. The molecule has 0 aliphatic heterocycles. The SMILES string of the molecule is COc1ccc(N=Nc2ccc(C(=O)OCc3c4ccccc4cc4ccccc34)cc2)cc1. The Balaban J connectivity index is 1.31. The second-order valence-electron chi connectivity index (χ2n) is 7.82. The Morgan fingerprint density at radius 2 is 1.24 bits per heavy atom. The lowest BCUT2D eigenvalue weighted by Crippen LogP contribution is -2.05. The summed E-state index contributed by atoms with van der Waals surface area (Å²) in [4.78, 5) is 12.8. The highest BCUT2D eigenvalue weighted by molar-refractivity contribution is 6.02. The lowest BCUT2D eigenvalue weighted by atomic mass is 9.97. The number of carbonyl (C=O) groups excluding carboxylic acids is 1. The standard InChI is InChI=1S/C29H22N2O3/c1-33-25-16-14-24(15-17-25)31-30-23-12-10-20(11-13-23)29(32)34-19-28-26-8-4-2-6-21(26)18-22-7-3-5-9-27(22)28/h2-18H,19H2,1H3. The maximum atomic E-state index is 12.8. The van der Waals surface area contributed by atoms with Crippen molar-refractivity contribution in [2.45, 2.75) is 6.61 Å². The van der Waals surface area contributed by atoms with Gasteiger partial charge in [-0.1, -0.05) is 48.5 Å². The van der Waals surface area contributed by atoms with E-state index in [9.17, 15) is 4.79 Å². The van der Waals surface area contributed by atoms with Crippen LogP contribution in [-0.4, -0.2) is 13.1 Å². The van der Waals surface area contributed by atoms with Gasteiger partial charge in [0.15, 0.2) is 0 Å². The number of ether oxygens (including phenoxy) is 2. The first-order valence-corrected chi connectivity index (χ1v) is 10.9. The maximum Gasteiger partial charge on any atom is 0.338 e. The molecule has 0 spiro atoms. The lowest BCUT2D eigenvalue weighted by molar-refractivity contribution is 0.0476. The summed E-state index contributed by atoms with van der Waals surface area (Å²) in [5, 5.41) is 12.9. The molecule has 5 rings (SSSR count). The molecule has 5 heteroatoms. The van der Waals surface area contributed by atoms with Crippen molar-refractivity contribution >= 4 is 38.9 Å². The van der Waals surface area contributed by atoms with Crippen molar-refractivity contribution in [1.29, 1.82) is 0 Å². The molecule has 0 N–H and O–H groups in total. The van der Waals surface area contributed by atoms with E-state index in [-0.39, 0.29) is 12.6 Å². The number of methoxy groups -OCH3 is 1. The fourth-order valence-electron chi connectivity index (χ4n) is 3.91. The first-order valence-electron chi connectivity index (χ1n) is 10.9. The molecule has 0 unspecified atom stereocenters. The van der Waals surface area contributed by atoms with Gasteiger partial charge in [-0.25, -0.2) is 4.79 Å². The predicted molar refractivity (Wildman–Crippen MR) is 134 cm³/mol. The summed E-state index contributed by atoms with van der Waals surface area (Å²) in [6.07, 6.45) is 0. The van der Waals surface area contributed by atoms with Crippen molar-refractivity contribution < 1.29 is 14.3 Å². The molecule has 0 saturated carbocycles. The van der Waals surface area contributed by atoms with Crippen molar-refractivity contribution in [3.05, 3.63) is 114 Å². The number of hydrogen-bond acceptors (Lipinski definition) is 5. The zero-order chi connectivity index (χ0) is 23.3. The summed E-state index contributed by atoms with van der Waals surface area (Å²) >= 11 is 0. The van der Waals surface area contributed by atoms with Gasteiger partial charge in [-0.15, -0.1) is 0 Å². The molecule has 0 aliphatic carbocycles. The van der Waals surface area contributed by atoms with Crippen molar-refractivity contribution in [2.24, 2.45) is 10.2 Å². The van der Waals surface area contributed by atoms with Gasteiger partial charge in [-0.2, -0.15) is 10.2 Å². The summed E-state index contributed by atoms with van der Waals surface area (Å²) in [5.74, 6) is 0.383. The van der Waals surface area contributed by atoms with Gasteiger partial charge in [-0.3, -0.25) is 0 Å². The molecule has 0 heterocycles. The Labute approximate surface area is 197 Å². The molecule has 5 aromatic rings. The zero-order valence-corrected chi connectivity index (χ0v) is 18.6. The van der Waals surface area contributed by atoms with E-state index in [1.54, 1.807) is 31.4 Å². The normalized spacial score (nSPS) is 11.2. The fourth-order valence-corrected chi connectivity index (χ4v) is 3.91. The maximum absolute atomic E-state index is 12.8. The molecule has 5 aromatic carbocycles. The number of nitrogens with zero attached hydrogens (tertiary/aromatic N) is 2. The summed E-state index contributed by atoms with van der Waals surface area (Å²) in [6, 6.07) is 32.7. The number of esters is 1. The Morgan fingerprint density at radius 3 is 1.79 bits per heavy atom. The minimum atomic E-state index is -0.379. The molecule has 0 aliphatic rings. The van der Waals surface area contributed by atoms with Crippen LogP contribution < -0.4 is 4.74 Å². The van der Waals surface area contributed by atoms with E-state index >= 15 is 0 Å². The van der Waals surface area contributed by atoms with Crippen LogP contribution in [-0.2, 0) is 11.3 Å². The molecule has 0 fully saturated rings. The number of azo groups is 1. The van der Waals surface area contributed by atoms with Gasteiger partial charge < -0.3 is 9.47 Å². The van der Waals surface area contributed by atoms with E-state index in [1.165, 1.54) is 0 Å². The van der Waals surface area contributed by atoms with E-state index in [0.717, 1.165) is 32.9 Å². The molecule has 0 amide bonds. The average molecular weight is 447 g/mol. The predicted octanol–water partition coefficient (Wildman–Crippen LogP) is 7.77. The Kier molecular flexibility index (Phi) is 5.99. The summed E-state index contributed by atoms with van der Waals surface area (Å²) < 4.78 is 10.9. The Morgan fingerprint density at radius 1 is 0.706 bits per heavy atom. The molecule has 0 saturated heterocycles. The quantitative estimate of drug-likeness (QED) is 0.152. The van der Waals surface area contributed by atoms with Crippen LogP contribution in [0.2, 0.25) is 0 Å². The molecule has 5 nitrogen and oxygen atoms in total. The van der Waals surface area contributed by atoms with Crippen molar-refractivity contribution in [2.75, 3.05) is 7.11 Å². The van der Waals surface area contributed by atoms with Crippen LogP contribution in [0.25, 0.3) is 21.5 Å². The molecule has 166 valence electrons. The van der Waals surface area contributed by atoms with Gasteiger partial charge in [0.25, 0.3) is 0 Å². The molecule has 0 aromatic heterocycles. The monoisotopic (exact) mass is 446 g/mol. The smallest absolute Gasteiger partial charge is 0.338 e. The Hall–Kier alpha value is -4.51. The topological polar surface area (TPSA) is 60.2 Å². The van der Waals surface area contributed by atoms with Gasteiger partial charge in [0.1, 0.15) is 12.4 Å². The van der Waals surface area contributed by atoms with Gasteiger partial charge in [-0.05, 0) is 76.1 Å². The van der Waals surface area contributed by atoms with Crippen LogP contribution in [0.4, 0.5) is 11.4 Å². The van der Waals surface area contributed by atoms with Crippen LogP contribution in [0.3, 0.4) is 0 Å². The second kappa shape index (κ2) is 9.55. The van der Waals surface area contributed by atoms with E-state index in [1.807, 2.05) is 48.5 Å². The largest absolute Gasteiger partial charge is 0.497 e. The molecular weight excluding hydrogens is 424 g/mol. The van der Waals surface area contributed by atoms with Crippen molar-refractivity contribution in [3.63, 3.8) is 0 Å². The fraction of sp³-hybridized carbons (Fsp3) is 0.0690. The highest BCUT2D eigenvalue weighted by Crippen LogP contribution is 2.29. The first kappa shape index (κ1) is 21.3. The molecule has 34 heavy (non-hydrogen) atoms. The van der Waals surface area contributed by atoms with E-state index < -0.39 is 0 Å². The minimum absolute atomic E-state index is 0.194. The van der Waals surface area contributed by atoms with E-state index in [4.69, 9.17) is 9.47 Å². The third-order valence-corrected chi connectivity index (χ3v) is 5.69. The highest BCUT2D eigenvalue weighted by Gasteiger charge is 2.12. The molecule has 0 atom stereocenters. The summed E-state index contributed by atoms with van der Waals surface area (Å²) in [6.45, 7) is 0.194. The van der Waals surface area contributed by atoms with Crippen molar-refractivity contribution in [3.8, 4) is 5.75 Å². The number of fused-ring (bicyclic) bond motifs is 2. The van der Waals surface area contributed by atoms with Crippen LogP contribution in [0.5, 0.6) is 5.75 Å². The summed E-state index contributed by atoms with van der Waals surface area (Å²) in [5.41, 5.74) is 2.83.